The third kappa shape index (κ3) is 5.38. The van der Waals surface area contributed by atoms with Crippen molar-refractivity contribution in [1.29, 1.82) is 0 Å². The lowest BCUT2D eigenvalue weighted by molar-refractivity contribution is -0.0296. The summed E-state index contributed by atoms with van der Waals surface area (Å²) in [4.78, 5) is 0. The maximum Gasteiger partial charge on any atom is 0.175 e. The lowest BCUT2D eigenvalue weighted by Gasteiger charge is -2.62. The SMILES string of the molecule is CCC(C)C1=CCC(OCc2cc(OC)c(OC)c(Br)c2Cc2cc(OC)c(C34CC(C3)C4)c(Br)c2Br)C=C1. The van der Waals surface area contributed by atoms with Crippen LogP contribution in [0.4, 0.5) is 0 Å². The molecule has 0 aliphatic heterocycles. The van der Waals surface area contributed by atoms with Gasteiger partial charge in [-0.1, -0.05) is 32.1 Å². The minimum absolute atomic E-state index is 0.0471. The van der Waals surface area contributed by atoms with Crippen LogP contribution in [-0.2, 0) is 23.2 Å². The molecule has 3 saturated carbocycles. The highest BCUT2D eigenvalue weighted by Gasteiger charge is 2.59. The van der Waals surface area contributed by atoms with Gasteiger partial charge in [-0.2, -0.15) is 0 Å². The van der Waals surface area contributed by atoms with Gasteiger partial charge in [0.1, 0.15) is 5.75 Å². The van der Waals surface area contributed by atoms with Gasteiger partial charge in [0.15, 0.2) is 11.5 Å². The first-order chi connectivity index (χ1) is 18.7. The highest BCUT2D eigenvalue weighted by atomic mass is 79.9. The summed E-state index contributed by atoms with van der Waals surface area (Å²) in [6.45, 7) is 4.97. The summed E-state index contributed by atoms with van der Waals surface area (Å²) >= 11 is 11.7. The number of rotatable bonds is 11. The van der Waals surface area contributed by atoms with E-state index in [0.29, 0.717) is 30.4 Å². The van der Waals surface area contributed by atoms with Gasteiger partial charge in [0.05, 0.1) is 38.5 Å². The van der Waals surface area contributed by atoms with E-state index >= 15 is 0 Å². The van der Waals surface area contributed by atoms with Crippen molar-refractivity contribution in [3.8, 4) is 17.2 Å². The van der Waals surface area contributed by atoms with E-state index in [9.17, 15) is 0 Å². The second kappa shape index (κ2) is 11.9. The zero-order valence-corrected chi connectivity index (χ0v) is 28.1. The van der Waals surface area contributed by atoms with Crippen molar-refractivity contribution in [2.75, 3.05) is 21.3 Å². The molecule has 0 N–H and O–H groups in total. The zero-order valence-electron chi connectivity index (χ0n) is 23.3. The Bertz CT molecular complexity index is 1300. The van der Waals surface area contributed by atoms with Crippen LogP contribution >= 0.6 is 47.8 Å². The van der Waals surface area contributed by atoms with Crippen LogP contribution < -0.4 is 14.2 Å². The van der Waals surface area contributed by atoms with Crippen molar-refractivity contribution in [1.82, 2.24) is 0 Å². The summed E-state index contributed by atoms with van der Waals surface area (Å²) in [5.41, 5.74) is 6.30. The molecule has 2 aromatic carbocycles. The minimum atomic E-state index is 0.0471. The Balaban J connectivity index is 1.45. The van der Waals surface area contributed by atoms with Crippen molar-refractivity contribution in [2.24, 2.45) is 11.8 Å². The fourth-order valence-electron chi connectivity index (χ4n) is 6.31. The summed E-state index contributed by atoms with van der Waals surface area (Å²) in [6.07, 6.45) is 13.3. The van der Waals surface area contributed by atoms with Gasteiger partial charge in [-0.05, 0) is 126 Å². The van der Waals surface area contributed by atoms with E-state index in [-0.39, 0.29) is 11.5 Å². The summed E-state index contributed by atoms with van der Waals surface area (Å²) in [6, 6.07) is 4.24. The van der Waals surface area contributed by atoms with Gasteiger partial charge in [-0.3, -0.25) is 0 Å². The molecule has 210 valence electrons. The number of methoxy groups -OCH3 is 3. The van der Waals surface area contributed by atoms with Gasteiger partial charge in [-0.25, -0.2) is 0 Å². The monoisotopic (exact) mass is 722 g/mol. The van der Waals surface area contributed by atoms with Crippen LogP contribution in [0, 0.1) is 11.8 Å². The molecular formula is C32H37Br3O4. The molecule has 39 heavy (non-hydrogen) atoms. The van der Waals surface area contributed by atoms with E-state index in [2.05, 4.69) is 85.9 Å². The fourth-order valence-corrected chi connectivity index (χ4v) is 8.38. The maximum absolute atomic E-state index is 6.43. The molecule has 0 aromatic heterocycles. The first-order valence-electron chi connectivity index (χ1n) is 13.7. The van der Waals surface area contributed by atoms with Gasteiger partial charge in [0.25, 0.3) is 0 Å². The summed E-state index contributed by atoms with van der Waals surface area (Å²) in [5.74, 6) is 3.79. The van der Waals surface area contributed by atoms with Gasteiger partial charge in [-0.15, -0.1) is 0 Å². The largest absolute Gasteiger partial charge is 0.496 e. The number of hydrogen-bond donors (Lipinski definition) is 0. The van der Waals surface area contributed by atoms with Crippen molar-refractivity contribution >= 4 is 47.8 Å². The quantitative estimate of drug-likeness (QED) is 0.232. The third-order valence-corrected chi connectivity index (χ3v) is 12.0. The molecule has 6 rings (SSSR count). The molecular weight excluding hydrogens is 688 g/mol. The Labute approximate surface area is 257 Å². The Morgan fingerprint density at radius 2 is 1.62 bits per heavy atom. The summed E-state index contributed by atoms with van der Waals surface area (Å²) in [7, 11) is 5.12. The molecule has 2 atom stereocenters. The smallest absolute Gasteiger partial charge is 0.175 e. The van der Waals surface area contributed by atoms with E-state index in [0.717, 1.165) is 54.6 Å². The van der Waals surface area contributed by atoms with Crippen LogP contribution in [0.15, 0.2) is 49.4 Å². The fraction of sp³-hybridized carbons (Fsp3) is 0.500. The number of halogens is 3. The molecule has 2 aromatic rings. The third-order valence-electron chi connectivity index (χ3n) is 8.93. The van der Waals surface area contributed by atoms with Crippen molar-refractivity contribution in [3.05, 3.63) is 71.6 Å². The van der Waals surface area contributed by atoms with E-state index in [4.69, 9.17) is 18.9 Å². The van der Waals surface area contributed by atoms with Gasteiger partial charge in [0, 0.05) is 26.3 Å². The Morgan fingerprint density at radius 3 is 2.15 bits per heavy atom. The number of hydrogen-bond acceptors (Lipinski definition) is 4. The van der Waals surface area contributed by atoms with Crippen LogP contribution in [-0.4, -0.2) is 27.4 Å². The normalized spacial score (nSPS) is 23.9. The van der Waals surface area contributed by atoms with E-state index < -0.39 is 0 Å². The van der Waals surface area contributed by atoms with E-state index in [1.165, 1.54) is 30.4 Å². The molecule has 4 nitrogen and oxygen atoms in total. The molecule has 0 heterocycles. The second-order valence-electron chi connectivity index (χ2n) is 11.2. The molecule has 2 bridgehead atoms. The van der Waals surface area contributed by atoms with E-state index in [1.54, 1.807) is 21.3 Å². The predicted octanol–water partition coefficient (Wildman–Crippen LogP) is 9.46. The number of benzene rings is 2. The van der Waals surface area contributed by atoms with Crippen LogP contribution in [0.1, 0.15) is 68.2 Å². The van der Waals surface area contributed by atoms with Gasteiger partial charge < -0.3 is 18.9 Å². The lowest BCUT2D eigenvalue weighted by atomic mass is 9.42. The standard InChI is InChI=1S/C32H37Br3O4/c1-6-18(2)20-7-9-23(10-8-20)39-17-22-13-26(37-4)31(38-5)29(34)24(22)11-21-12-25(36-3)27(30(35)28(21)33)32-14-19(15-32)16-32/h7-9,12-13,18-19,23H,6,10-11,14-17H2,1-5H3. The molecule has 4 aliphatic carbocycles. The maximum atomic E-state index is 6.43. The molecule has 7 heteroatoms. The summed E-state index contributed by atoms with van der Waals surface area (Å²) < 4.78 is 26.9. The lowest BCUT2D eigenvalue weighted by Crippen LogP contribution is -2.55. The molecule has 3 fully saturated rings. The molecule has 2 unspecified atom stereocenters. The Hall–Kier alpha value is -1.28. The molecule has 0 amide bonds. The predicted molar refractivity (Wildman–Crippen MR) is 167 cm³/mol. The first kappa shape index (κ1) is 29.2. The summed E-state index contributed by atoms with van der Waals surface area (Å²) in [5, 5.41) is 0. The minimum Gasteiger partial charge on any atom is -0.496 e. The van der Waals surface area contributed by atoms with Crippen LogP contribution in [0.5, 0.6) is 17.2 Å². The number of ether oxygens (including phenoxy) is 4. The highest BCUT2D eigenvalue weighted by Crippen LogP contribution is 2.68. The van der Waals surface area contributed by atoms with Crippen LogP contribution in [0.3, 0.4) is 0 Å². The number of allylic oxidation sites excluding steroid dienone is 2. The Morgan fingerprint density at radius 1 is 0.923 bits per heavy atom. The molecule has 0 spiro atoms. The average molecular weight is 725 g/mol. The molecule has 0 saturated heterocycles. The van der Waals surface area contributed by atoms with Crippen molar-refractivity contribution in [3.63, 3.8) is 0 Å². The van der Waals surface area contributed by atoms with E-state index in [1.807, 2.05) is 6.07 Å². The van der Waals surface area contributed by atoms with Gasteiger partial charge >= 0.3 is 0 Å². The van der Waals surface area contributed by atoms with Crippen LogP contribution in [0.2, 0.25) is 0 Å². The molecule has 0 radical (unpaired) electrons. The highest BCUT2D eigenvalue weighted by molar-refractivity contribution is 9.13. The average Bonchev–Trinajstić information content (AvgIpc) is 2.90. The second-order valence-corrected chi connectivity index (χ2v) is 13.6. The van der Waals surface area contributed by atoms with Crippen LogP contribution in [0.25, 0.3) is 0 Å². The van der Waals surface area contributed by atoms with Gasteiger partial charge in [0.2, 0.25) is 0 Å². The van der Waals surface area contributed by atoms with Crippen molar-refractivity contribution in [2.45, 2.75) is 70.5 Å². The zero-order chi connectivity index (χ0) is 27.9. The topological polar surface area (TPSA) is 36.9 Å². The first-order valence-corrected chi connectivity index (χ1v) is 16.1. The van der Waals surface area contributed by atoms with Crippen molar-refractivity contribution < 1.29 is 18.9 Å². The Kier molecular flexibility index (Phi) is 8.92. The molecule has 4 aliphatic rings.